The lowest BCUT2D eigenvalue weighted by atomic mass is 10.0. The SMILES string of the molecule is O=c1c2ccccc2c2cc(Br)cc3c4c5cnccc5sc4n1c23. The van der Waals surface area contributed by atoms with Crippen molar-refractivity contribution in [2.45, 2.75) is 0 Å². The highest BCUT2D eigenvalue weighted by molar-refractivity contribution is 9.10. The lowest BCUT2D eigenvalue weighted by molar-refractivity contribution is 1.22. The Hall–Kier alpha value is -2.50. The summed E-state index contributed by atoms with van der Waals surface area (Å²) in [5.41, 5.74) is 1.05. The zero-order valence-corrected chi connectivity index (χ0v) is 15.2. The molecule has 0 aliphatic carbocycles. The topological polar surface area (TPSA) is 34.4 Å². The Balaban J connectivity index is 2.10. The Morgan fingerprint density at radius 3 is 2.64 bits per heavy atom. The van der Waals surface area contributed by atoms with Crippen LogP contribution in [0.15, 0.2) is 64.1 Å². The minimum absolute atomic E-state index is 0.0462. The van der Waals surface area contributed by atoms with Gasteiger partial charge in [-0.1, -0.05) is 34.1 Å². The van der Waals surface area contributed by atoms with Crippen molar-refractivity contribution in [1.82, 2.24) is 9.38 Å². The Bertz CT molecular complexity index is 1530. The third kappa shape index (κ3) is 1.60. The Morgan fingerprint density at radius 1 is 0.960 bits per heavy atom. The highest BCUT2D eigenvalue weighted by Crippen LogP contribution is 2.43. The van der Waals surface area contributed by atoms with Crippen molar-refractivity contribution in [2.75, 3.05) is 0 Å². The van der Waals surface area contributed by atoms with Gasteiger partial charge in [0, 0.05) is 48.5 Å². The summed E-state index contributed by atoms with van der Waals surface area (Å²) in [5, 5.41) is 6.17. The molecule has 0 unspecified atom stereocenters. The number of hydrogen-bond donors (Lipinski definition) is 0. The average Bonchev–Trinajstić information content (AvgIpc) is 3.15. The standard InChI is InChI=1S/C20H9BrN2OS/c21-10-7-13-11-3-1-2-4-12(11)19(24)23-18(13)14(8-10)17-15-9-22-6-5-16(15)25-20(17)23/h1-9H. The van der Waals surface area contributed by atoms with Gasteiger partial charge in [-0.15, -0.1) is 11.3 Å². The fourth-order valence-corrected chi connectivity index (χ4v) is 5.55. The molecule has 3 nitrogen and oxygen atoms in total. The largest absolute Gasteiger partial charge is 0.268 e. The van der Waals surface area contributed by atoms with Crippen LogP contribution in [-0.4, -0.2) is 9.38 Å². The molecule has 0 fully saturated rings. The summed E-state index contributed by atoms with van der Waals surface area (Å²) in [6, 6.07) is 14.1. The molecule has 0 amide bonds. The smallest absolute Gasteiger partial charge is 0.264 e. The van der Waals surface area contributed by atoms with Gasteiger partial charge in [-0.25, -0.2) is 0 Å². The van der Waals surface area contributed by atoms with Crippen molar-refractivity contribution in [3.8, 4) is 0 Å². The van der Waals surface area contributed by atoms with E-state index in [1.165, 1.54) is 0 Å². The van der Waals surface area contributed by atoms with Crippen LogP contribution in [0, 0.1) is 0 Å². The molecular formula is C20H9BrN2OS. The zero-order valence-electron chi connectivity index (χ0n) is 12.8. The first-order chi connectivity index (χ1) is 12.2. The second kappa shape index (κ2) is 4.56. The molecule has 0 saturated carbocycles. The van der Waals surface area contributed by atoms with Gasteiger partial charge in [0.15, 0.2) is 0 Å². The van der Waals surface area contributed by atoms with E-state index < -0.39 is 0 Å². The number of hydrogen-bond acceptors (Lipinski definition) is 3. The van der Waals surface area contributed by atoms with Crippen molar-refractivity contribution in [3.63, 3.8) is 0 Å². The Labute approximate surface area is 153 Å². The number of thiophene rings is 1. The quantitative estimate of drug-likeness (QED) is 0.310. The number of fused-ring (bicyclic) bond motifs is 7. The third-order valence-corrected chi connectivity index (χ3v) is 6.51. The van der Waals surface area contributed by atoms with Crippen LogP contribution in [0.2, 0.25) is 0 Å². The van der Waals surface area contributed by atoms with E-state index in [2.05, 4.69) is 33.0 Å². The summed E-state index contributed by atoms with van der Waals surface area (Å²) in [4.78, 5) is 18.6. The van der Waals surface area contributed by atoms with Crippen LogP contribution in [0.5, 0.6) is 0 Å². The van der Waals surface area contributed by atoms with E-state index in [4.69, 9.17) is 0 Å². The molecule has 25 heavy (non-hydrogen) atoms. The molecule has 6 aromatic rings. The van der Waals surface area contributed by atoms with E-state index in [0.29, 0.717) is 0 Å². The molecule has 0 atom stereocenters. The van der Waals surface area contributed by atoms with Crippen LogP contribution in [0.25, 0.3) is 47.4 Å². The Morgan fingerprint density at radius 2 is 1.76 bits per heavy atom. The number of benzene rings is 2. The van der Waals surface area contributed by atoms with Crippen molar-refractivity contribution < 1.29 is 0 Å². The van der Waals surface area contributed by atoms with Crippen LogP contribution in [0.1, 0.15) is 0 Å². The number of rotatable bonds is 0. The van der Waals surface area contributed by atoms with E-state index >= 15 is 0 Å². The molecule has 4 heterocycles. The molecule has 0 spiro atoms. The number of nitrogens with zero attached hydrogens (tertiary/aromatic N) is 2. The summed E-state index contributed by atoms with van der Waals surface area (Å²) in [7, 11) is 0. The predicted octanol–water partition coefficient (Wildman–Crippen LogP) is 5.57. The minimum atomic E-state index is 0.0462. The van der Waals surface area contributed by atoms with Gasteiger partial charge in [0.05, 0.1) is 5.52 Å². The molecule has 0 N–H and O–H groups in total. The number of aromatic nitrogens is 2. The molecule has 0 saturated heterocycles. The van der Waals surface area contributed by atoms with Crippen molar-refractivity contribution in [2.24, 2.45) is 0 Å². The normalized spacial score (nSPS) is 12.4. The van der Waals surface area contributed by atoms with Gasteiger partial charge in [0.1, 0.15) is 4.83 Å². The molecule has 4 aromatic heterocycles. The van der Waals surface area contributed by atoms with Crippen LogP contribution in [0.3, 0.4) is 0 Å². The van der Waals surface area contributed by atoms with Gasteiger partial charge in [0.2, 0.25) is 0 Å². The van der Waals surface area contributed by atoms with Crippen molar-refractivity contribution >= 4 is 74.6 Å². The van der Waals surface area contributed by atoms with Gasteiger partial charge >= 0.3 is 0 Å². The maximum atomic E-state index is 13.3. The lowest BCUT2D eigenvalue weighted by Crippen LogP contribution is -2.12. The molecule has 5 heteroatoms. The number of pyridine rings is 2. The molecule has 0 bridgehead atoms. The van der Waals surface area contributed by atoms with Gasteiger partial charge in [-0.3, -0.25) is 14.2 Å². The second-order valence-electron chi connectivity index (χ2n) is 6.19. The lowest BCUT2D eigenvalue weighted by Gasteiger charge is -2.06. The third-order valence-electron chi connectivity index (χ3n) is 4.89. The first kappa shape index (κ1) is 13.8. The average molecular weight is 405 g/mol. The summed E-state index contributed by atoms with van der Waals surface area (Å²) in [6.45, 7) is 0. The van der Waals surface area contributed by atoms with Crippen LogP contribution < -0.4 is 5.56 Å². The van der Waals surface area contributed by atoms with Gasteiger partial charge in [0.25, 0.3) is 5.56 Å². The van der Waals surface area contributed by atoms with E-state index in [0.717, 1.165) is 51.8 Å². The molecule has 0 aliphatic heterocycles. The van der Waals surface area contributed by atoms with E-state index in [1.54, 1.807) is 17.5 Å². The van der Waals surface area contributed by atoms with Gasteiger partial charge in [-0.2, -0.15) is 0 Å². The molecule has 6 rings (SSSR count). The van der Waals surface area contributed by atoms with E-state index in [1.807, 2.05) is 40.9 Å². The fourth-order valence-electron chi connectivity index (χ4n) is 3.90. The predicted molar refractivity (Wildman–Crippen MR) is 108 cm³/mol. The number of halogens is 1. The highest BCUT2D eigenvalue weighted by atomic mass is 79.9. The molecule has 0 radical (unpaired) electrons. The van der Waals surface area contributed by atoms with Crippen LogP contribution in [0.4, 0.5) is 0 Å². The van der Waals surface area contributed by atoms with E-state index in [9.17, 15) is 4.79 Å². The summed E-state index contributed by atoms with van der Waals surface area (Å²) >= 11 is 5.31. The molecule has 2 aromatic carbocycles. The highest BCUT2D eigenvalue weighted by Gasteiger charge is 2.20. The summed E-state index contributed by atoms with van der Waals surface area (Å²) in [6.07, 6.45) is 3.70. The second-order valence-corrected chi connectivity index (χ2v) is 8.14. The minimum Gasteiger partial charge on any atom is -0.268 e. The molecule has 0 aliphatic rings. The zero-order chi connectivity index (χ0) is 16.7. The van der Waals surface area contributed by atoms with Crippen LogP contribution >= 0.6 is 27.3 Å². The molecular weight excluding hydrogens is 396 g/mol. The Kier molecular flexibility index (Phi) is 2.51. The first-order valence-corrected chi connectivity index (χ1v) is 9.49. The molecule has 118 valence electrons. The van der Waals surface area contributed by atoms with E-state index in [-0.39, 0.29) is 5.56 Å². The maximum absolute atomic E-state index is 13.3. The van der Waals surface area contributed by atoms with Crippen molar-refractivity contribution in [3.05, 3.63) is 69.7 Å². The first-order valence-electron chi connectivity index (χ1n) is 7.88. The summed E-state index contributed by atoms with van der Waals surface area (Å²) in [5.74, 6) is 0. The van der Waals surface area contributed by atoms with Gasteiger partial charge < -0.3 is 0 Å². The van der Waals surface area contributed by atoms with Crippen molar-refractivity contribution in [1.29, 1.82) is 0 Å². The summed E-state index contributed by atoms with van der Waals surface area (Å²) < 4.78 is 4.06. The van der Waals surface area contributed by atoms with Crippen LogP contribution in [-0.2, 0) is 0 Å². The monoisotopic (exact) mass is 404 g/mol. The fraction of sp³-hybridized carbons (Fsp3) is 0. The maximum Gasteiger partial charge on any atom is 0.264 e. The van der Waals surface area contributed by atoms with Gasteiger partial charge in [-0.05, 0) is 29.7 Å².